The van der Waals surface area contributed by atoms with Crippen molar-refractivity contribution < 1.29 is 14.2 Å². The summed E-state index contributed by atoms with van der Waals surface area (Å²) in [6.07, 6.45) is 0. The number of ether oxygens (including phenoxy) is 3. The van der Waals surface area contributed by atoms with E-state index in [-0.39, 0.29) is 6.79 Å². The first-order chi connectivity index (χ1) is 8.88. The van der Waals surface area contributed by atoms with Crippen LogP contribution in [0.3, 0.4) is 0 Å². The Morgan fingerprint density at radius 1 is 1.06 bits per heavy atom. The smallest absolute Gasteiger partial charge is 0.188 e. The summed E-state index contributed by atoms with van der Waals surface area (Å²) in [7, 11) is 1.58. The lowest BCUT2D eigenvalue weighted by molar-refractivity contribution is 0.0507. The first kappa shape index (κ1) is 12.5. The van der Waals surface area contributed by atoms with E-state index in [1.807, 2.05) is 36.4 Å². The molecule has 0 saturated heterocycles. The predicted molar refractivity (Wildman–Crippen MR) is 68.6 cm³/mol. The fraction of sp³-hybridized carbons (Fsp3) is 0.200. The lowest BCUT2D eigenvalue weighted by Crippen LogP contribution is -2.00. The Morgan fingerprint density at radius 3 is 2.67 bits per heavy atom. The summed E-state index contributed by atoms with van der Waals surface area (Å²) in [6, 6.07) is 18.4. The second kappa shape index (κ2) is 6.67. The predicted octanol–water partition coefficient (Wildman–Crippen LogP) is 3.05. The zero-order valence-electron chi connectivity index (χ0n) is 10.3. The molecule has 0 atom stereocenters. The van der Waals surface area contributed by atoms with Crippen LogP contribution < -0.4 is 9.47 Å². The lowest BCUT2D eigenvalue weighted by Gasteiger charge is -2.08. The van der Waals surface area contributed by atoms with Gasteiger partial charge in [-0.2, -0.15) is 0 Å². The maximum Gasteiger partial charge on any atom is 0.188 e. The van der Waals surface area contributed by atoms with E-state index in [9.17, 15) is 0 Å². The lowest BCUT2D eigenvalue weighted by atomic mass is 10.2. The molecular weight excluding hydrogens is 228 g/mol. The molecule has 93 valence electrons. The van der Waals surface area contributed by atoms with Gasteiger partial charge in [-0.25, -0.2) is 0 Å². The van der Waals surface area contributed by atoms with E-state index in [1.165, 1.54) is 0 Å². The van der Waals surface area contributed by atoms with Crippen molar-refractivity contribution in [3.05, 3.63) is 60.2 Å². The molecule has 0 unspecified atom stereocenters. The number of rotatable bonds is 6. The molecule has 0 spiro atoms. The number of methoxy groups -OCH3 is 1. The Balaban J connectivity index is 1.93. The fourth-order valence-corrected chi connectivity index (χ4v) is 1.46. The van der Waals surface area contributed by atoms with Crippen molar-refractivity contribution in [3.8, 4) is 11.5 Å². The summed E-state index contributed by atoms with van der Waals surface area (Å²) < 4.78 is 15.8. The average molecular weight is 243 g/mol. The highest BCUT2D eigenvalue weighted by Crippen LogP contribution is 2.19. The van der Waals surface area contributed by atoms with Gasteiger partial charge >= 0.3 is 0 Å². The van der Waals surface area contributed by atoms with Crippen LogP contribution in [0.25, 0.3) is 0 Å². The summed E-state index contributed by atoms with van der Waals surface area (Å²) in [5.74, 6) is 1.37. The van der Waals surface area contributed by atoms with Crippen LogP contribution >= 0.6 is 0 Å². The molecule has 2 aromatic rings. The first-order valence-corrected chi connectivity index (χ1v) is 5.68. The van der Waals surface area contributed by atoms with Crippen molar-refractivity contribution in [1.82, 2.24) is 0 Å². The van der Waals surface area contributed by atoms with Crippen molar-refractivity contribution in [1.29, 1.82) is 0 Å². The molecule has 18 heavy (non-hydrogen) atoms. The van der Waals surface area contributed by atoms with Gasteiger partial charge in [0.15, 0.2) is 6.79 Å². The zero-order chi connectivity index (χ0) is 12.6. The summed E-state index contributed by atoms with van der Waals surface area (Å²) in [6.45, 7) is 0.743. The third-order valence-corrected chi connectivity index (χ3v) is 2.33. The van der Waals surface area contributed by atoms with Crippen LogP contribution in [0.15, 0.2) is 48.5 Å². The third kappa shape index (κ3) is 3.79. The molecule has 0 amide bonds. The maximum absolute atomic E-state index is 5.67. The molecule has 0 heterocycles. The molecule has 0 fully saturated rings. The summed E-state index contributed by atoms with van der Waals surface area (Å²) in [5, 5.41) is 0. The monoisotopic (exact) mass is 243 g/mol. The highest BCUT2D eigenvalue weighted by molar-refractivity contribution is 5.32. The Morgan fingerprint density at radius 2 is 1.89 bits per heavy atom. The quantitative estimate of drug-likeness (QED) is 0.730. The number of hydrogen-bond donors (Lipinski definition) is 0. The van der Waals surface area contributed by atoms with E-state index < -0.39 is 0 Å². The van der Waals surface area contributed by atoms with E-state index in [2.05, 4.69) is 6.07 Å². The molecule has 2 rings (SSSR count). The summed E-state index contributed by atoms with van der Waals surface area (Å²) >= 11 is 0. The van der Waals surface area contributed by atoms with Gasteiger partial charge in [0, 0.05) is 19.2 Å². The van der Waals surface area contributed by atoms with Crippen LogP contribution in [0.1, 0.15) is 5.56 Å². The van der Waals surface area contributed by atoms with Gasteiger partial charge in [-0.15, -0.1) is 0 Å². The molecule has 0 aliphatic heterocycles. The second-order valence-corrected chi connectivity index (χ2v) is 3.71. The van der Waals surface area contributed by atoms with Crippen LogP contribution in [0.2, 0.25) is 0 Å². The van der Waals surface area contributed by atoms with Crippen molar-refractivity contribution in [2.75, 3.05) is 13.9 Å². The minimum atomic E-state index is 0.207. The molecule has 2 aromatic carbocycles. The molecule has 0 bridgehead atoms. The Hall–Kier alpha value is -2.00. The van der Waals surface area contributed by atoms with Crippen LogP contribution in [0, 0.1) is 6.07 Å². The molecule has 0 saturated carbocycles. The minimum Gasteiger partial charge on any atom is -0.489 e. The van der Waals surface area contributed by atoms with E-state index in [1.54, 1.807) is 19.2 Å². The van der Waals surface area contributed by atoms with E-state index in [0.29, 0.717) is 12.4 Å². The molecule has 0 aliphatic carbocycles. The van der Waals surface area contributed by atoms with Crippen LogP contribution in [-0.2, 0) is 11.3 Å². The van der Waals surface area contributed by atoms with Gasteiger partial charge in [-0.3, -0.25) is 0 Å². The number of benzene rings is 2. The Labute approximate surface area is 107 Å². The van der Waals surface area contributed by atoms with Crippen molar-refractivity contribution in [2.45, 2.75) is 6.61 Å². The normalized spacial score (nSPS) is 10.1. The summed E-state index contributed by atoms with van der Waals surface area (Å²) in [5.41, 5.74) is 1.13. The number of hydrogen-bond acceptors (Lipinski definition) is 3. The highest BCUT2D eigenvalue weighted by Gasteiger charge is 1.99. The van der Waals surface area contributed by atoms with Gasteiger partial charge in [0.25, 0.3) is 0 Å². The molecule has 0 N–H and O–H groups in total. The average Bonchev–Trinajstić information content (AvgIpc) is 2.44. The highest BCUT2D eigenvalue weighted by atomic mass is 16.7. The fourth-order valence-electron chi connectivity index (χ4n) is 1.46. The largest absolute Gasteiger partial charge is 0.489 e. The molecule has 0 aliphatic rings. The molecule has 0 aromatic heterocycles. The molecule has 3 nitrogen and oxygen atoms in total. The molecule has 1 radical (unpaired) electrons. The molecule has 3 heteroatoms. The molecular formula is C15H15O3. The standard InChI is InChI=1S/C15H15O3/c1-16-12-18-15-9-5-8-14(10-15)17-11-13-6-3-2-4-7-13/h2-8,10H,11-12H2,1H3. The van der Waals surface area contributed by atoms with Crippen molar-refractivity contribution in [3.63, 3.8) is 0 Å². The summed E-state index contributed by atoms with van der Waals surface area (Å²) in [4.78, 5) is 0. The van der Waals surface area contributed by atoms with Crippen molar-refractivity contribution >= 4 is 0 Å². The first-order valence-electron chi connectivity index (χ1n) is 5.68. The van der Waals surface area contributed by atoms with Gasteiger partial charge in [0.2, 0.25) is 0 Å². The van der Waals surface area contributed by atoms with Gasteiger partial charge in [0.05, 0.1) is 0 Å². The van der Waals surface area contributed by atoms with Crippen LogP contribution in [0.5, 0.6) is 11.5 Å². The minimum absolute atomic E-state index is 0.207. The maximum atomic E-state index is 5.67. The van der Waals surface area contributed by atoms with Gasteiger partial charge in [-0.1, -0.05) is 30.3 Å². The van der Waals surface area contributed by atoms with E-state index in [0.717, 1.165) is 11.3 Å². The van der Waals surface area contributed by atoms with Gasteiger partial charge < -0.3 is 14.2 Å². The van der Waals surface area contributed by atoms with Crippen LogP contribution in [0.4, 0.5) is 0 Å². The SMILES string of the molecule is COCOc1[c]ccc(OCc2ccccc2)c1. The topological polar surface area (TPSA) is 27.7 Å². The second-order valence-electron chi connectivity index (χ2n) is 3.71. The zero-order valence-corrected chi connectivity index (χ0v) is 10.3. The van der Waals surface area contributed by atoms with Gasteiger partial charge in [-0.05, 0) is 17.7 Å². The van der Waals surface area contributed by atoms with Crippen LogP contribution in [-0.4, -0.2) is 13.9 Å². The third-order valence-electron chi connectivity index (χ3n) is 2.33. The van der Waals surface area contributed by atoms with E-state index in [4.69, 9.17) is 14.2 Å². The van der Waals surface area contributed by atoms with E-state index >= 15 is 0 Å². The Bertz CT molecular complexity index is 468. The van der Waals surface area contributed by atoms with Crippen molar-refractivity contribution in [2.24, 2.45) is 0 Å². The Kier molecular flexibility index (Phi) is 4.61. The van der Waals surface area contributed by atoms with Gasteiger partial charge in [0.1, 0.15) is 18.1 Å².